The van der Waals surface area contributed by atoms with Crippen LogP contribution in [-0.4, -0.2) is 40.0 Å². The number of ketones is 1. The van der Waals surface area contributed by atoms with Crippen molar-refractivity contribution >= 4 is 29.3 Å². The fourth-order valence-electron chi connectivity index (χ4n) is 2.97. The van der Waals surface area contributed by atoms with E-state index in [1.807, 2.05) is 84.2 Å². The molecule has 31 heavy (non-hydrogen) atoms. The summed E-state index contributed by atoms with van der Waals surface area (Å²) < 4.78 is 13.0. The Morgan fingerprint density at radius 2 is 1.13 bits per heavy atom. The Bertz CT molecular complexity index is 771. The summed E-state index contributed by atoms with van der Waals surface area (Å²) in [4.78, 5) is 13.8. The summed E-state index contributed by atoms with van der Waals surface area (Å²) in [6.45, 7) is 13.9. The van der Waals surface area contributed by atoms with Crippen molar-refractivity contribution in [1.29, 1.82) is 0 Å². The van der Waals surface area contributed by atoms with Crippen LogP contribution in [0, 0.1) is 0 Å². The van der Waals surface area contributed by atoms with E-state index in [1.54, 1.807) is 0 Å². The molecule has 2 aromatic rings. The van der Waals surface area contributed by atoms with Gasteiger partial charge < -0.3 is 9.47 Å². The number of Topliss-reactive ketones (excluding diaryl/α,β-unsaturated/α-hetero) is 1. The van der Waals surface area contributed by atoms with Crippen LogP contribution in [-0.2, 0) is 15.3 Å². The van der Waals surface area contributed by atoms with Crippen molar-refractivity contribution in [3.63, 3.8) is 0 Å². The number of benzene rings is 2. The van der Waals surface area contributed by atoms with Crippen LogP contribution in [0.4, 0.5) is 0 Å². The summed E-state index contributed by atoms with van der Waals surface area (Å²) in [5.74, 6) is -0.0687. The highest BCUT2D eigenvalue weighted by molar-refractivity contribution is 8.00. The molecule has 0 aliphatic rings. The molecule has 0 spiro atoms. The van der Waals surface area contributed by atoms with E-state index in [4.69, 9.17) is 9.47 Å². The van der Waals surface area contributed by atoms with Gasteiger partial charge in [0.05, 0.1) is 13.2 Å². The van der Waals surface area contributed by atoms with E-state index in [-0.39, 0.29) is 15.3 Å². The van der Waals surface area contributed by atoms with Crippen LogP contribution in [0.1, 0.15) is 57.5 Å². The van der Waals surface area contributed by atoms with Gasteiger partial charge in [-0.2, -0.15) is 23.5 Å². The minimum atomic E-state index is -1.46. The molecule has 170 valence electrons. The van der Waals surface area contributed by atoms with E-state index >= 15 is 0 Å². The first kappa shape index (κ1) is 26.0. The summed E-state index contributed by atoms with van der Waals surface area (Å²) in [7, 11) is 0. The Morgan fingerprint density at radius 1 is 0.710 bits per heavy atom. The highest BCUT2D eigenvalue weighted by Crippen LogP contribution is 2.34. The second kappa shape index (κ2) is 11.6. The van der Waals surface area contributed by atoms with E-state index in [9.17, 15) is 4.79 Å². The summed E-state index contributed by atoms with van der Waals surface area (Å²) in [5, 5.41) is 0. The average molecular weight is 461 g/mol. The molecular formula is C26H36O3S2. The smallest absolute Gasteiger partial charge is 0.261 e. The minimum Gasteiger partial charge on any atom is -0.339 e. The molecule has 0 unspecified atom stereocenters. The van der Waals surface area contributed by atoms with E-state index in [1.165, 1.54) is 0 Å². The lowest BCUT2D eigenvalue weighted by Gasteiger charge is -2.33. The second-order valence-electron chi connectivity index (χ2n) is 9.30. The van der Waals surface area contributed by atoms with Gasteiger partial charge in [0.15, 0.2) is 0 Å². The topological polar surface area (TPSA) is 35.5 Å². The van der Waals surface area contributed by atoms with Gasteiger partial charge in [-0.25, -0.2) is 0 Å². The first-order chi connectivity index (χ1) is 14.5. The summed E-state index contributed by atoms with van der Waals surface area (Å²) in [6, 6.07) is 18.9. The number of thioether (sulfide) groups is 2. The van der Waals surface area contributed by atoms with Crippen LogP contribution >= 0.6 is 23.5 Å². The van der Waals surface area contributed by atoms with Crippen molar-refractivity contribution in [1.82, 2.24) is 0 Å². The summed E-state index contributed by atoms with van der Waals surface area (Å²) in [6.07, 6.45) is 0. The van der Waals surface area contributed by atoms with Gasteiger partial charge >= 0.3 is 0 Å². The summed E-state index contributed by atoms with van der Waals surface area (Å²) >= 11 is 3.63. The third-order valence-corrected chi connectivity index (χ3v) is 6.81. The molecule has 0 bridgehead atoms. The van der Waals surface area contributed by atoms with Gasteiger partial charge in [-0.05, 0) is 0 Å². The largest absolute Gasteiger partial charge is 0.339 e. The first-order valence-corrected chi connectivity index (χ1v) is 12.7. The Labute approximate surface area is 196 Å². The first-order valence-electron chi connectivity index (χ1n) is 10.7. The number of carbonyl (C=O) groups is 1. The Balaban J connectivity index is 2.33. The van der Waals surface area contributed by atoms with Gasteiger partial charge in [-0.15, -0.1) is 0 Å². The van der Waals surface area contributed by atoms with E-state index < -0.39 is 5.79 Å². The third kappa shape index (κ3) is 8.64. The van der Waals surface area contributed by atoms with Gasteiger partial charge in [0.1, 0.15) is 0 Å². The standard InChI is InChI=1S/C26H36O3S2/c1-24(2,3)30-19-17-28-26(22-15-11-8-12-16-22,29-18-20-31-25(4,5)6)23(27)21-13-9-7-10-14-21/h7-16H,17-20H2,1-6H3. The normalized spacial score (nSPS) is 12.7. The molecule has 0 amide bonds. The molecule has 0 saturated heterocycles. The predicted octanol–water partition coefficient (Wildman–Crippen LogP) is 6.82. The van der Waals surface area contributed by atoms with Gasteiger partial charge in [-0.1, -0.05) is 102 Å². The Hall–Kier alpha value is -1.27. The average Bonchev–Trinajstić information content (AvgIpc) is 2.72. The number of rotatable bonds is 11. The lowest BCUT2D eigenvalue weighted by atomic mass is 9.95. The predicted molar refractivity (Wildman–Crippen MR) is 135 cm³/mol. The molecule has 0 saturated carbocycles. The number of carbonyl (C=O) groups excluding carboxylic acids is 1. The van der Waals surface area contributed by atoms with Gasteiger partial charge in [0.2, 0.25) is 5.78 Å². The molecule has 5 heteroatoms. The lowest BCUT2D eigenvalue weighted by molar-refractivity contribution is -0.203. The molecule has 3 nitrogen and oxygen atoms in total. The van der Waals surface area contributed by atoms with Crippen molar-refractivity contribution in [2.45, 2.75) is 56.8 Å². The minimum absolute atomic E-state index is 0.131. The maximum Gasteiger partial charge on any atom is 0.261 e. The molecule has 0 aliphatic heterocycles. The van der Waals surface area contributed by atoms with E-state index in [2.05, 4.69) is 41.5 Å². The van der Waals surface area contributed by atoms with Crippen molar-refractivity contribution in [3.8, 4) is 0 Å². The monoisotopic (exact) mass is 460 g/mol. The van der Waals surface area contributed by atoms with E-state index in [0.29, 0.717) is 18.8 Å². The zero-order valence-corrected chi connectivity index (χ0v) is 21.3. The highest BCUT2D eigenvalue weighted by atomic mass is 32.2. The quantitative estimate of drug-likeness (QED) is 0.209. The molecule has 0 aromatic heterocycles. The zero-order valence-electron chi connectivity index (χ0n) is 19.6. The highest BCUT2D eigenvalue weighted by Gasteiger charge is 2.43. The number of hydrogen-bond acceptors (Lipinski definition) is 5. The molecule has 2 aromatic carbocycles. The fourth-order valence-corrected chi connectivity index (χ4v) is 4.53. The van der Waals surface area contributed by atoms with Crippen LogP contribution < -0.4 is 0 Å². The number of hydrogen-bond donors (Lipinski definition) is 0. The maximum absolute atomic E-state index is 13.8. The Morgan fingerprint density at radius 3 is 1.55 bits per heavy atom. The molecular weight excluding hydrogens is 424 g/mol. The van der Waals surface area contributed by atoms with Gasteiger partial charge in [-0.3, -0.25) is 4.79 Å². The summed E-state index contributed by atoms with van der Waals surface area (Å²) in [5.41, 5.74) is 1.31. The SMILES string of the molecule is CC(C)(C)SCCOC(OCCSC(C)(C)C)(C(=O)c1ccccc1)c1ccccc1. The molecule has 0 fully saturated rings. The van der Waals surface area contributed by atoms with Crippen LogP contribution in [0.2, 0.25) is 0 Å². The molecule has 0 N–H and O–H groups in total. The van der Waals surface area contributed by atoms with E-state index in [0.717, 1.165) is 17.1 Å². The van der Waals surface area contributed by atoms with Gasteiger partial charge in [0, 0.05) is 32.1 Å². The van der Waals surface area contributed by atoms with Crippen molar-refractivity contribution in [3.05, 3.63) is 71.8 Å². The molecule has 0 aliphatic carbocycles. The zero-order chi connectivity index (χ0) is 23.0. The molecule has 0 radical (unpaired) electrons. The van der Waals surface area contributed by atoms with Gasteiger partial charge in [0.25, 0.3) is 5.79 Å². The van der Waals surface area contributed by atoms with Crippen LogP contribution in [0.25, 0.3) is 0 Å². The molecule has 0 atom stereocenters. The van der Waals surface area contributed by atoms with Crippen LogP contribution in [0.5, 0.6) is 0 Å². The molecule has 2 rings (SSSR count). The van der Waals surface area contributed by atoms with Crippen LogP contribution in [0.15, 0.2) is 60.7 Å². The maximum atomic E-state index is 13.8. The molecule has 0 heterocycles. The fraction of sp³-hybridized carbons (Fsp3) is 0.500. The van der Waals surface area contributed by atoms with Crippen molar-refractivity contribution < 1.29 is 14.3 Å². The second-order valence-corrected chi connectivity index (χ2v) is 13.1. The Kier molecular flexibility index (Phi) is 9.68. The third-order valence-electron chi connectivity index (χ3n) is 4.34. The van der Waals surface area contributed by atoms with Crippen molar-refractivity contribution in [2.75, 3.05) is 24.7 Å². The van der Waals surface area contributed by atoms with Crippen molar-refractivity contribution in [2.24, 2.45) is 0 Å². The lowest BCUT2D eigenvalue weighted by Crippen LogP contribution is -2.43. The number of ether oxygens (including phenoxy) is 2. The van der Waals surface area contributed by atoms with Crippen LogP contribution in [0.3, 0.4) is 0 Å².